The molecule has 0 aromatic rings. The van der Waals surface area contributed by atoms with Crippen LogP contribution in [0.3, 0.4) is 0 Å². The van der Waals surface area contributed by atoms with E-state index in [4.69, 9.17) is 0 Å². The predicted octanol–water partition coefficient (Wildman–Crippen LogP) is 4.09. The Kier molecular flexibility index (Phi) is 5.91. The van der Waals surface area contributed by atoms with Crippen molar-refractivity contribution in [2.75, 3.05) is 0 Å². The molecule has 0 atom stereocenters. The van der Waals surface area contributed by atoms with Crippen LogP contribution in [0.15, 0.2) is 23.8 Å². The Morgan fingerprint density at radius 1 is 1.27 bits per heavy atom. The monoisotopic (exact) mass is 152 g/mol. The number of unbranched alkanes of at least 4 members (excludes halogenated alkanes) is 1. The standard InChI is InChI=1S/C11H20/c1-5-6-7-11(4)9-8-10(2)3/h7H,2,5-6,8-9H2,1,3-4H3. The number of hydrogen-bond acceptors (Lipinski definition) is 0. The lowest BCUT2D eigenvalue weighted by atomic mass is 10.1. The van der Waals surface area contributed by atoms with Crippen molar-refractivity contribution >= 4 is 0 Å². The summed E-state index contributed by atoms with van der Waals surface area (Å²) in [5.74, 6) is 0. The molecule has 0 aliphatic carbocycles. The van der Waals surface area contributed by atoms with Crippen molar-refractivity contribution in [1.82, 2.24) is 0 Å². The molecule has 0 aromatic heterocycles. The molecule has 0 amide bonds. The third kappa shape index (κ3) is 7.38. The minimum absolute atomic E-state index is 1.14. The van der Waals surface area contributed by atoms with Gasteiger partial charge in [-0.05, 0) is 33.1 Å². The van der Waals surface area contributed by atoms with E-state index in [-0.39, 0.29) is 0 Å². The van der Waals surface area contributed by atoms with Gasteiger partial charge in [-0.1, -0.05) is 30.6 Å². The molecule has 0 unspecified atom stereocenters. The third-order valence-corrected chi connectivity index (χ3v) is 1.73. The first-order chi connectivity index (χ1) is 5.16. The largest absolute Gasteiger partial charge is 0.100 e. The lowest BCUT2D eigenvalue weighted by molar-refractivity contribution is 0.891. The van der Waals surface area contributed by atoms with Crippen LogP contribution in [-0.2, 0) is 0 Å². The summed E-state index contributed by atoms with van der Waals surface area (Å²) < 4.78 is 0. The van der Waals surface area contributed by atoms with Crippen LogP contribution >= 0.6 is 0 Å². The van der Waals surface area contributed by atoms with Crippen molar-refractivity contribution in [2.45, 2.75) is 46.5 Å². The molecule has 0 saturated heterocycles. The molecule has 11 heavy (non-hydrogen) atoms. The van der Waals surface area contributed by atoms with Gasteiger partial charge < -0.3 is 0 Å². The Morgan fingerprint density at radius 2 is 1.91 bits per heavy atom. The topological polar surface area (TPSA) is 0 Å². The third-order valence-electron chi connectivity index (χ3n) is 1.73. The summed E-state index contributed by atoms with van der Waals surface area (Å²) in [6.45, 7) is 10.4. The highest BCUT2D eigenvalue weighted by Gasteiger charge is 1.89. The summed E-state index contributed by atoms with van der Waals surface area (Å²) in [5, 5.41) is 0. The summed E-state index contributed by atoms with van der Waals surface area (Å²) in [6, 6.07) is 0. The van der Waals surface area contributed by atoms with Gasteiger partial charge in [0.05, 0.1) is 0 Å². The highest BCUT2D eigenvalue weighted by Crippen LogP contribution is 2.10. The van der Waals surface area contributed by atoms with Gasteiger partial charge in [0.15, 0.2) is 0 Å². The molecule has 0 nitrogen and oxygen atoms in total. The highest BCUT2D eigenvalue weighted by molar-refractivity contribution is 5.01. The van der Waals surface area contributed by atoms with E-state index in [9.17, 15) is 0 Å². The van der Waals surface area contributed by atoms with E-state index in [1.54, 1.807) is 0 Å². The Morgan fingerprint density at radius 3 is 2.36 bits per heavy atom. The zero-order valence-corrected chi connectivity index (χ0v) is 8.11. The minimum Gasteiger partial charge on any atom is -0.100 e. The number of rotatable bonds is 5. The average molecular weight is 152 g/mol. The van der Waals surface area contributed by atoms with Crippen LogP contribution in [0.5, 0.6) is 0 Å². The van der Waals surface area contributed by atoms with Gasteiger partial charge in [0.25, 0.3) is 0 Å². The lowest BCUT2D eigenvalue weighted by Crippen LogP contribution is -1.79. The molecule has 0 bridgehead atoms. The van der Waals surface area contributed by atoms with E-state index in [2.05, 4.69) is 33.4 Å². The van der Waals surface area contributed by atoms with E-state index in [0.29, 0.717) is 0 Å². The summed E-state index contributed by atoms with van der Waals surface area (Å²) >= 11 is 0. The summed E-state index contributed by atoms with van der Waals surface area (Å²) in [4.78, 5) is 0. The molecule has 0 fully saturated rings. The van der Waals surface area contributed by atoms with E-state index < -0.39 is 0 Å². The molecule has 0 aliphatic heterocycles. The van der Waals surface area contributed by atoms with Crippen molar-refractivity contribution in [3.8, 4) is 0 Å². The van der Waals surface area contributed by atoms with Crippen molar-refractivity contribution in [3.05, 3.63) is 23.8 Å². The van der Waals surface area contributed by atoms with E-state index >= 15 is 0 Å². The fourth-order valence-electron chi connectivity index (χ4n) is 0.903. The molecule has 64 valence electrons. The van der Waals surface area contributed by atoms with Gasteiger partial charge in [0.2, 0.25) is 0 Å². The van der Waals surface area contributed by atoms with E-state index in [1.807, 2.05) is 0 Å². The first-order valence-electron chi connectivity index (χ1n) is 4.46. The lowest BCUT2D eigenvalue weighted by Gasteiger charge is -1.99. The molecule has 0 heterocycles. The normalized spacial score (nSPS) is 11.7. The van der Waals surface area contributed by atoms with Crippen LogP contribution in [0.1, 0.15) is 46.5 Å². The van der Waals surface area contributed by atoms with Gasteiger partial charge in [0, 0.05) is 0 Å². The van der Waals surface area contributed by atoms with Gasteiger partial charge in [-0.25, -0.2) is 0 Å². The first-order valence-corrected chi connectivity index (χ1v) is 4.46. The molecule has 0 N–H and O–H groups in total. The smallest absolute Gasteiger partial charge is 0.0286 e. The molecule has 0 rings (SSSR count). The van der Waals surface area contributed by atoms with Crippen LogP contribution in [0.4, 0.5) is 0 Å². The van der Waals surface area contributed by atoms with Gasteiger partial charge in [0.1, 0.15) is 0 Å². The molecule has 0 saturated carbocycles. The van der Waals surface area contributed by atoms with Crippen molar-refractivity contribution in [1.29, 1.82) is 0 Å². The molecule has 0 radical (unpaired) electrons. The maximum atomic E-state index is 3.88. The second-order valence-electron chi connectivity index (χ2n) is 3.30. The highest BCUT2D eigenvalue weighted by atomic mass is 14.0. The average Bonchev–Trinajstić information content (AvgIpc) is 1.97. The molecule has 0 spiro atoms. The van der Waals surface area contributed by atoms with Crippen LogP contribution in [-0.4, -0.2) is 0 Å². The van der Waals surface area contributed by atoms with Gasteiger partial charge >= 0.3 is 0 Å². The molecule has 0 aromatic carbocycles. The van der Waals surface area contributed by atoms with Crippen LogP contribution in [0.2, 0.25) is 0 Å². The zero-order valence-electron chi connectivity index (χ0n) is 8.11. The second-order valence-corrected chi connectivity index (χ2v) is 3.30. The summed E-state index contributed by atoms with van der Waals surface area (Å²) in [6.07, 6.45) is 7.15. The summed E-state index contributed by atoms with van der Waals surface area (Å²) in [7, 11) is 0. The van der Waals surface area contributed by atoms with Crippen molar-refractivity contribution in [3.63, 3.8) is 0 Å². The molecular weight excluding hydrogens is 132 g/mol. The maximum Gasteiger partial charge on any atom is -0.0286 e. The number of hydrogen-bond donors (Lipinski definition) is 0. The van der Waals surface area contributed by atoms with Gasteiger partial charge in [-0.2, -0.15) is 0 Å². The molecule has 0 heteroatoms. The zero-order chi connectivity index (χ0) is 8.69. The second kappa shape index (κ2) is 6.21. The van der Waals surface area contributed by atoms with Gasteiger partial charge in [-0.15, -0.1) is 6.58 Å². The Hall–Kier alpha value is -0.520. The Labute approximate surface area is 71.0 Å². The fraction of sp³-hybridized carbons (Fsp3) is 0.636. The van der Waals surface area contributed by atoms with Gasteiger partial charge in [-0.3, -0.25) is 0 Å². The molecular formula is C11H20. The first kappa shape index (κ1) is 10.5. The van der Waals surface area contributed by atoms with Crippen LogP contribution in [0, 0.1) is 0 Å². The van der Waals surface area contributed by atoms with Crippen molar-refractivity contribution < 1.29 is 0 Å². The predicted molar refractivity (Wildman–Crippen MR) is 52.7 cm³/mol. The fourth-order valence-corrected chi connectivity index (χ4v) is 0.903. The summed E-state index contributed by atoms with van der Waals surface area (Å²) in [5.41, 5.74) is 2.80. The van der Waals surface area contributed by atoms with E-state index in [1.165, 1.54) is 30.4 Å². The molecule has 0 aliphatic rings. The Bertz CT molecular complexity index is 140. The number of allylic oxidation sites excluding steroid dienone is 3. The van der Waals surface area contributed by atoms with Crippen LogP contribution < -0.4 is 0 Å². The van der Waals surface area contributed by atoms with Crippen molar-refractivity contribution in [2.24, 2.45) is 0 Å². The Balaban J connectivity index is 3.50. The minimum atomic E-state index is 1.14. The van der Waals surface area contributed by atoms with E-state index in [0.717, 1.165) is 6.42 Å². The maximum absolute atomic E-state index is 3.88. The SMILES string of the molecule is C=C(C)CCC(C)=CCCC. The van der Waals surface area contributed by atoms with Crippen LogP contribution in [0.25, 0.3) is 0 Å². The quantitative estimate of drug-likeness (QED) is 0.520.